The van der Waals surface area contributed by atoms with Crippen molar-refractivity contribution in [1.29, 1.82) is 0 Å². The van der Waals surface area contributed by atoms with E-state index in [4.69, 9.17) is 9.47 Å². The van der Waals surface area contributed by atoms with Crippen LogP contribution in [0.15, 0.2) is 48.7 Å². The van der Waals surface area contributed by atoms with Gasteiger partial charge in [0.2, 0.25) is 5.91 Å². The Kier molecular flexibility index (Phi) is 6.47. The zero-order valence-electron chi connectivity index (χ0n) is 17.9. The number of carbonyl (C=O) groups excluding carboxylic acids is 1. The molecule has 29 heavy (non-hydrogen) atoms. The van der Waals surface area contributed by atoms with Crippen LogP contribution in [0, 0.1) is 5.92 Å². The van der Waals surface area contributed by atoms with Gasteiger partial charge in [-0.05, 0) is 35.2 Å². The number of methoxy groups -OCH3 is 2. The van der Waals surface area contributed by atoms with Crippen LogP contribution in [-0.4, -0.2) is 31.2 Å². The van der Waals surface area contributed by atoms with Crippen molar-refractivity contribution in [3.63, 3.8) is 0 Å². The van der Waals surface area contributed by atoms with E-state index in [-0.39, 0.29) is 11.8 Å². The van der Waals surface area contributed by atoms with Gasteiger partial charge in [0.05, 0.1) is 14.2 Å². The van der Waals surface area contributed by atoms with Gasteiger partial charge in [0, 0.05) is 43.0 Å². The first-order valence-electron chi connectivity index (χ1n) is 9.97. The lowest BCUT2D eigenvalue weighted by atomic mass is 9.87. The maximum atomic E-state index is 12.8. The average molecular weight is 395 g/mol. The van der Waals surface area contributed by atoms with Crippen molar-refractivity contribution in [2.24, 2.45) is 13.0 Å². The quantitative estimate of drug-likeness (QED) is 0.612. The first-order valence-corrected chi connectivity index (χ1v) is 9.97. The second-order valence-corrected chi connectivity index (χ2v) is 7.78. The molecule has 0 unspecified atom stereocenters. The monoisotopic (exact) mass is 394 g/mol. The molecule has 0 spiro atoms. The standard InChI is InChI=1S/C24H30N2O3/c1-16(2)14-25-24(27)13-19(17-10-11-22(28-4)23(12-17)29-5)20-15-26(3)21-9-7-6-8-18(20)21/h6-12,15-16,19H,13-14H2,1-5H3,(H,25,27)/t19-/m1/s1. The molecule has 0 radical (unpaired) electrons. The molecule has 1 amide bonds. The second kappa shape index (κ2) is 9.03. The molecule has 5 nitrogen and oxygen atoms in total. The van der Waals surface area contributed by atoms with Crippen molar-refractivity contribution in [2.75, 3.05) is 20.8 Å². The van der Waals surface area contributed by atoms with Gasteiger partial charge in [-0.2, -0.15) is 0 Å². The van der Waals surface area contributed by atoms with E-state index in [2.05, 4.69) is 42.1 Å². The molecule has 0 aliphatic rings. The normalized spacial score (nSPS) is 12.2. The van der Waals surface area contributed by atoms with E-state index < -0.39 is 0 Å². The van der Waals surface area contributed by atoms with Crippen LogP contribution in [0.2, 0.25) is 0 Å². The first kappa shape index (κ1) is 20.8. The van der Waals surface area contributed by atoms with Gasteiger partial charge in [-0.3, -0.25) is 4.79 Å². The predicted molar refractivity (Wildman–Crippen MR) is 117 cm³/mol. The highest BCUT2D eigenvalue weighted by atomic mass is 16.5. The number of amides is 1. The molecule has 0 aliphatic heterocycles. The Morgan fingerprint density at radius 2 is 1.79 bits per heavy atom. The van der Waals surface area contributed by atoms with E-state index in [0.29, 0.717) is 30.4 Å². The third kappa shape index (κ3) is 4.56. The van der Waals surface area contributed by atoms with Gasteiger partial charge in [0.25, 0.3) is 0 Å². The third-order valence-corrected chi connectivity index (χ3v) is 5.21. The third-order valence-electron chi connectivity index (χ3n) is 5.21. The van der Waals surface area contributed by atoms with Crippen molar-refractivity contribution < 1.29 is 14.3 Å². The summed E-state index contributed by atoms with van der Waals surface area (Å²) in [4.78, 5) is 12.8. The van der Waals surface area contributed by atoms with Gasteiger partial charge in [0.15, 0.2) is 11.5 Å². The van der Waals surface area contributed by atoms with Crippen LogP contribution in [0.5, 0.6) is 11.5 Å². The molecule has 154 valence electrons. The number of ether oxygens (including phenoxy) is 2. The van der Waals surface area contributed by atoms with Crippen molar-refractivity contribution in [1.82, 2.24) is 9.88 Å². The molecule has 1 heterocycles. The van der Waals surface area contributed by atoms with Crippen molar-refractivity contribution in [2.45, 2.75) is 26.2 Å². The minimum atomic E-state index is -0.0898. The number of rotatable bonds is 8. The molecule has 0 saturated heterocycles. The minimum absolute atomic E-state index is 0.0476. The Hall–Kier alpha value is -2.95. The number of hydrogen-bond donors (Lipinski definition) is 1. The summed E-state index contributed by atoms with van der Waals surface area (Å²) in [7, 11) is 5.29. The summed E-state index contributed by atoms with van der Waals surface area (Å²) in [5, 5.41) is 4.22. The number of nitrogens with one attached hydrogen (secondary N) is 1. The first-order chi connectivity index (χ1) is 13.9. The lowest BCUT2D eigenvalue weighted by molar-refractivity contribution is -0.121. The molecule has 1 atom stereocenters. The highest BCUT2D eigenvalue weighted by Crippen LogP contribution is 2.38. The van der Waals surface area contributed by atoms with E-state index in [1.807, 2.05) is 37.4 Å². The fourth-order valence-corrected chi connectivity index (χ4v) is 3.70. The Morgan fingerprint density at radius 1 is 1.07 bits per heavy atom. The van der Waals surface area contributed by atoms with E-state index in [1.165, 1.54) is 0 Å². The summed E-state index contributed by atoms with van der Waals surface area (Å²) < 4.78 is 13.0. The summed E-state index contributed by atoms with van der Waals surface area (Å²) in [5.74, 6) is 1.71. The van der Waals surface area contributed by atoms with Crippen molar-refractivity contribution >= 4 is 16.8 Å². The number of benzene rings is 2. The van der Waals surface area contributed by atoms with Crippen LogP contribution < -0.4 is 14.8 Å². The number of nitrogens with zero attached hydrogens (tertiary/aromatic N) is 1. The van der Waals surface area contributed by atoms with Crippen LogP contribution in [0.1, 0.15) is 37.3 Å². The molecule has 1 aromatic heterocycles. The maximum Gasteiger partial charge on any atom is 0.220 e. The molecular formula is C24H30N2O3. The highest BCUT2D eigenvalue weighted by Gasteiger charge is 2.23. The lowest BCUT2D eigenvalue weighted by Crippen LogP contribution is -2.28. The van der Waals surface area contributed by atoms with E-state index in [1.54, 1.807) is 14.2 Å². The van der Waals surface area contributed by atoms with Gasteiger partial charge in [-0.1, -0.05) is 38.1 Å². The van der Waals surface area contributed by atoms with Crippen molar-refractivity contribution in [3.05, 3.63) is 59.8 Å². The Balaban J connectivity index is 2.05. The number of aryl methyl sites for hydroxylation is 1. The minimum Gasteiger partial charge on any atom is -0.493 e. The molecule has 0 saturated carbocycles. The van der Waals surface area contributed by atoms with Gasteiger partial charge >= 0.3 is 0 Å². The number of hydrogen-bond acceptors (Lipinski definition) is 3. The highest BCUT2D eigenvalue weighted by molar-refractivity contribution is 5.86. The predicted octanol–water partition coefficient (Wildman–Crippen LogP) is 4.49. The molecule has 3 rings (SSSR count). The smallest absolute Gasteiger partial charge is 0.220 e. The Labute approximate surface area is 172 Å². The lowest BCUT2D eigenvalue weighted by Gasteiger charge is -2.19. The molecule has 0 fully saturated rings. The molecule has 3 aromatic rings. The molecule has 0 aliphatic carbocycles. The SMILES string of the molecule is COc1ccc([C@@H](CC(=O)NCC(C)C)c2cn(C)c3ccccc23)cc1OC. The summed E-state index contributed by atoms with van der Waals surface area (Å²) in [6, 6.07) is 14.2. The van der Waals surface area contributed by atoms with E-state index in [0.717, 1.165) is 22.0 Å². The fourth-order valence-electron chi connectivity index (χ4n) is 3.70. The van der Waals surface area contributed by atoms with Crippen LogP contribution in [0.4, 0.5) is 0 Å². The van der Waals surface area contributed by atoms with Crippen LogP contribution >= 0.6 is 0 Å². The maximum absolute atomic E-state index is 12.8. The zero-order chi connectivity index (χ0) is 21.0. The van der Waals surface area contributed by atoms with E-state index in [9.17, 15) is 4.79 Å². The number of carbonyl (C=O) groups is 1. The van der Waals surface area contributed by atoms with Gasteiger partial charge in [-0.25, -0.2) is 0 Å². The summed E-state index contributed by atoms with van der Waals surface area (Å²) in [6.45, 7) is 4.86. The molecule has 5 heteroatoms. The van der Waals surface area contributed by atoms with Crippen LogP contribution in [0.25, 0.3) is 10.9 Å². The summed E-state index contributed by atoms with van der Waals surface area (Å²) in [6.07, 6.45) is 2.50. The second-order valence-electron chi connectivity index (χ2n) is 7.78. The topological polar surface area (TPSA) is 52.5 Å². The van der Waals surface area contributed by atoms with Gasteiger partial charge < -0.3 is 19.4 Å². The number of para-hydroxylation sites is 1. The number of aromatic nitrogens is 1. The van der Waals surface area contributed by atoms with Gasteiger partial charge in [0.1, 0.15) is 0 Å². The molecule has 1 N–H and O–H groups in total. The van der Waals surface area contributed by atoms with Gasteiger partial charge in [-0.15, -0.1) is 0 Å². The van der Waals surface area contributed by atoms with Crippen LogP contribution in [-0.2, 0) is 11.8 Å². The molecule has 0 bridgehead atoms. The van der Waals surface area contributed by atoms with Crippen LogP contribution in [0.3, 0.4) is 0 Å². The Bertz CT molecular complexity index is 991. The number of fused-ring (bicyclic) bond motifs is 1. The Morgan fingerprint density at radius 3 is 2.48 bits per heavy atom. The zero-order valence-corrected chi connectivity index (χ0v) is 17.9. The van der Waals surface area contributed by atoms with E-state index >= 15 is 0 Å². The summed E-state index contributed by atoms with van der Waals surface area (Å²) in [5.41, 5.74) is 3.31. The summed E-state index contributed by atoms with van der Waals surface area (Å²) >= 11 is 0. The average Bonchev–Trinajstić information content (AvgIpc) is 3.06. The van der Waals surface area contributed by atoms with Crippen molar-refractivity contribution in [3.8, 4) is 11.5 Å². The largest absolute Gasteiger partial charge is 0.493 e. The molecular weight excluding hydrogens is 364 g/mol. The molecule has 2 aromatic carbocycles. The fraction of sp³-hybridized carbons (Fsp3) is 0.375.